The summed E-state index contributed by atoms with van der Waals surface area (Å²) >= 11 is 3.45. The van der Waals surface area contributed by atoms with E-state index in [2.05, 4.69) is 25.9 Å². The van der Waals surface area contributed by atoms with Crippen LogP contribution in [0.2, 0.25) is 0 Å². The van der Waals surface area contributed by atoms with E-state index in [4.69, 9.17) is 4.74 Å². The number of methoxy groups -OCH3 is 1. The number of hydrogen-bond acceptors (Lipinski definition) is 3. The van der Waals surface area contributed by atoms with Gasteiger partial charge in [0.05, 0.1) is 18.8 Å². The molecule has 0 N–H and O–H groups in total. The highest BCUT2D eigenvalue weighted by molar-refractivity contribution is 9.10. The molecule has 3 rings (SSSR count). The van der Waals surface area contributed by atoms with Gasteiger partial charge < -0.3 is 4.74 Å². The summed E-state index contributed by atoms with van der Waals surface area (Å²) in [4.78, 5) is 8.62. The molecule has 0 aliphatic rings. The Balaban J connectivity index is 2.25. The van der Waals surface area contributed by atoms with Crippen molar-refractivity contribution in [1.29, 1.82) is 0 Å². The zero-order valence-electron chi connectivity index (χ0n) is 9.67. The van der Waals surface area contributed by atoms with E-state index in [1.165, 1.54) is 0 Å². The number of fused-ring (bicyclic) bond motifs is 1. The molecule has 2 aromatic heterocycles. The van der Waals surface area contributed by atoms with Crippen molar-refractivity contribution in [3.8, 4) is 17.1 Å². The summed E-state index contributed by atoms with van der Waals surface area (Å²) in [6.45, 7) is 0. The summed E-state index contributed by atoms with van der Waals surface area (Å²) in [6, 6.07) is 7.83. The topological polar surface area (TPSA) is 39.4 Å². The molecule has 0 aliphatic heterocycles. The monoisotopic (exact) mass is 303 g/mol. The number of imidazole rings is 1. The lowest BCUT2D eigenvalue weighted by Crippen LogP contribution is -1.90. The van der Waals surface area contributed by atoms with Gasteiger partial charge in [0.25, 0.3) is 0 Å². The molecule has 0 fully saturated rings. The quantitative estimate of drug-likeness (QED) is 0.730. The zero-order chi connectivity index (χ0) is 12.5. The van der Waals surface area contributed by atoms with Crippen LogP contribution in [0.3, 0.4) is 0 Å². The van der Waals surface area contributed by atoms with E-state index in [1.807, 2.05) is 34.9 Å². The van der Waals surface area contributed by atoms with Crippen molar-refractivity contribution in [3.63, 3.8) is 0 Å². The molecule has 0 bridgehead atoms. The Hall–Kier alpha value is -1.88. The predicted molar refractivity (Wildman–Crippen MR) is 72.7 cm³/mol. The summed E-state index contributed by atoms with van der Waals surface area (Å²) in [5.41, 5.74) is 1.94. The third-order valence-electron chi connectivity index (χ3n) is 2.73. The third-order valence-corrected chi connectivity index (χ3v) is 3.31. The van der Waals surface area contributed by atoms with Gasteiger partial charge in [-0.2, -0.15) is 0 Å². The number of aromatic nitrogens is 3. The molecular weight excluding hydrogens is 294 g/mol. The van der Waals surface area contributed by atoms with E-state index in [0.717, 1.165) is 27.3 Å². The second-order valence-electron chi connectivity index (χ2n) is 3.79. The fraction of sp³-hybridized carbons (Fsp3) is 0.0769. The van der Waals surface area contributed by atoms with Crippen molar-refractivity contribution in [2.24, 2.45) is 0 Å². The predicted octanol–water partition coefficient (Wildman–Crippen LogP) is 3.17. The second-order valence-corrected chi connectivity index (χ2v) is 4.54. The number of halogens is 1. The van der Waals surface area contributed by atoms with Gasteiger partial charge in [0.1, 0.15) is 16.2 Å². The summed E-state index contributed by atoms with van der Waals surface area (Å²) in [5.74, 6) is 1.67. The van der Waals surface area contributed by atoms with Crippen LogP contribution >= 0.6 is 15.9 Å². The summed E-state index contributed by atoms with van der Waals surface area (Å²) in [6.07, 6.45) is 5.41. The fourth-order valence-electron chi connectivity index (χ4n) is 1.87. The fourth-order valence-corrected chi connectivity index (χ4v) is 2.33. The molecule has 4 nitrogen and oxygen atoms in total. The lowest BCUT2D eigenvalue weighted by atomic mass is 10.2. The highest BCUT2D eigenvalue weighted by Crippen LogP contribution is 2.27. The van der Waals surface area contributed by atoms with E-state index in [0.29, 0.717) is 0 Å². The summed E-state index contributed by atoms with van der Waals surface area (Å²) < 4.78 is 8.01. The van der Waals surface area contributed by atoms with E-state index >= 15 is 0 Å². The van der Waals surface area contributed by atoms with Gasteiger partial charge in [0.15, 0.2) is 0 Å². The second kappa shape index (κ2) is 4.42. The van der Waals surface area contributed by atoms with Gasteiger partial charge in [-0.1, -0.05) is 12.1 Å². The van der Waals surface area contributed by atoms with Crippen LogP contribution in [0.4, 0.5) is 0 Å². The average molecular weight is 304 g/mol. The molecule has 0 spiro atoms. The third kappa shape index (κ3) is 1.76. The van der Waals surface area contributed by atoms with Crippen molar-refractivity contribution in [1.82, 2.24) is 14.4 Å². The van der Waals surface area contributed by atoms with E-state index in [-0.39, 0.29) is 0 Å². The Kier molecular flexibility index (Phi) is 2.76. The minimum Gasteiger partial charge on any atom is -0.497 e. The summed E-state index contributed by atoms with van der Waals surface area (Å²) in [7, 11) is 1.66. The van der Waals surface area contributed by atoms with Crippen LogP contribution in [0.1, 0.15) is 0 Å². The molecule has 5 heteroatoms. The Morgan fingerprint density at radius 3 is 3.06 bits per heavy atom. The van der Waals surface area contributed by atoms with Crippen molar-refractivity contribution in [3.05, 3.63) is 47.5 Å². The van der Waals surface area contributed by atoms with Crippen LogP contribution in [0.15, 0.2) is 47.5 Å². The first-order valence-corrected chi connectivity index (χ1v) is 6.21. The molecule has 0 radical (unpaired) electrons. The Morgan fingerprint density at radius 2 is 2.22 bits per heavy atom. The van der Waals surface area contributed by atoms with Gasteiger partial charge in [0, 0.05) is 18.0 Å². The first-order chi connectivity index (χ1) is 8.79. The summed E-state index contributed by atoms with van der Waals surface area (Å²) in [5, 5.41) is 0. The lowest BCUT2D eigenvalue weighted by Gasteiger charge is -2.03. The Labute approximate surface area is 112 Å². The molecule has 0 saturated carbocycles. The molecule has 90 valence electrons. The van der Waals surface area contributed by atoms with E-state index in [1.54, 1.807) is 19.5 Å². The van der Waals surface area contributed by atoms with Gasteiger partial charge in [-0.15, -0.1) is 0 Å². The zero-order valence-corrected chi connectivity index (χ0v) is 11.3. The molecule has 1 aromatic carbocycles. The Bertz CT molecular complexity index is 708. The SMILES string of the molecule is COc1cccc(-c2nc(Br)c3cnccn23)c1. The molecule has 0 atom stereocenters. The van der Waals surface area contributed by atoms with E-state index < -0.39 is 0 Å². The number of ether oxygens (including phenoxy) is 1. The smallest absolute Gasteiger partial charge is 0.146 e. The maximum absolute atomic E-state index is 5.23. The number of rotatable bonds is 2. The van der Waals surface area contributed by atoms with Gasteiger partial charge >= 0.3 is 0 Å². The normalized spacial score (nSPS) is 10.8. The van der Waals surface area contributed by atoms with E-state index in [9.17, 15) is 0 Å². The highest BCUT2D eigenvalue weighted by Gasteiger charge is 2.11. The van der Waals surface area contributed by atoms with Crippen LogP contribution in [0.5, 0.6) is 5.75 Å². The molecule has 18 heavy (non-hydrogen) atoms. The average Bonchev–Trinajstić information content (AvgIpc) is 2.77. The minimum atomic E-state index is 0.786. The molecule has 2 heterocycles. The maximum Gasteiger partial charge on any atom is 0.146 e. The van der Waals surface area contributed by atoms with Crippen LogP contribution in [0, 0.1) is 0 Å². The largest absolute Gasteiger partial charge is 0.497 e. The molecule has 3 aromatic rings. The van der Waals surface area contributed by atoms with Crippen LogP contribution in [-0.2, 0) is 0 Å². The first kappa shape index (κ1) is 11.2. The van der Waals surface area contributed by atoms with Crippen molar-refractivity contribution >= 4 is 21.4 Å². The van der Waals surface area contributed by atoms with Crippen molar-refractivity contribution < 1.29 is 4.74 Å². The molecule has 0 amide bonds. The van der Waals surface area contributed by atoms with Gasteiger partial charge in [-0.25, -0.2) is 4.98 Å². The van der Waals surface area contributed by atoms with Gasteiger partial charge in [-0.3, -0.25) is 9.38 Å². The molecular formula is C13H10BrN3O. The first-order valence-electron chi connectivity index (χ1n) is 5.41. The molecule has 0 saturated heterocycles. The number of benzene rings is 1. The van der Waals surface area contributed by atoms with Crippen LogP contribution < -0.4 is 4.74 Å². The maximum atomic E-state index is 5.23. The van der Waals surface area contributed by atoms with Crippen LogP contribution in [0.25, 0.3) is 16.9 Å². The lowest BCUT2D eigenvalue weighted by molar-refractivity contribution is 0.415. The molecule has 0 unspecified atom stereocenters. The standard InChI is InChI=1S/C13H10BrN3O/c1-18-10-4-2-3-9(7-10)13-16-12(14)11-8-15-5-6-17(11)13/h2-8H,1H3. The number of hydrogen-bond donors (Lipinski definition) is 0. The highest BCUT2D eigenvalue weighted by atomic mass is 79.9. The van der Waals surface area contributed by atoms with Gasteiger partial charge in [-0.05, 0) is 28.1 Å². The van der Waals surface area contributed by atoms with Crippen LogP contribution in [-0.4, -0.2) is 21.5 Å². The van der Waals surface area contributed by atoms with Crippen molar-refractivity contribution in [2.75, 3.05) is 7.11 Å². The molecule has 0 aliphatic carbocycles. The van der Waals surface area contributed by atoms with Gasteiger partial charge in [0.2, 0.25) is 0 Å². The minimum absolute atomic E-state index is 0.786. The van der Waals surface area contributed by atoms with Crippen molar-refractivity contribution in [2.45, 2.75) is 0 Å². The Morgan fingerprint density at radius 1 is 1.33 bits per heavy atom. The number of nitrogens with zero attached hydrogens (tertiary/aromatic N) is 3.